The van der Waals surface area contributed by atoms with E-state index in [0.29, 0.717) is 27.5 Å². The predicted octanol–water partition coefficient (Wildman–Crippen LogP) is 4.41. The van der Waals surface area contributed by atoms with Gasteiger partial charge in [0.1, 0.15) is 34.5 Å². The molecule has 0 amide bonds. The summed E-state index contributed by atoms with van der Waals surface area (Å²) in [6.07, 6.45) is 1.49. The molecule has 4 aromatic rings. The number of nitrogens with zero attached hydrogens (tertiary/aromatic N) is 2. The van der Waals surface area contributed by atoms with Crippen molar-refractivity contribution in [1.29, 1.82) is 0 Å². The normalized spacial score (nSPS) is 12.0. The number of aromatic nitrogens is 2. The molecule has 31 heavy (non-hydrogen) atoms. The molecule has 1 unspecified atom stereocenters. The summed E-state index contributed by atoms with van der Waals surface area (Å²) in [5.74, 6) is -0.169. The molecule has 6 nitrogen and oxygen atoms in total. The lowest BCUT2D eigenvalue weighted by molar-refractivity contribution is 0.414. The van der Waals surface area contributed by atoms with Gasteiger partial charge in [-0.1, -0.05) is 12.1 Å². The monoisotopic (exact) mass is 438 g/mol. The molecule has 158 valence electrons. The van der Waals surface area contributed by atoms with Crippen LogP contribution in [0.2, 0.25) is 0 Å². The number of phenols is 2. The highest BCUT2D eigenvalue weighted by molar-refractivity contribution is 7.90. The maximum atomic E-state index is 14.3. The Balaban J connectivity index is 1.70. The third-order valence-corrected chi connectivity index (χ3v) is 6.18. The Morgan fingerprint density at radius 2 is 1.77 bits per heavy atom. The maximum Gasteiger partial charge on any atom is 0.153 e. The Morgan fingerprint density at radius 3 is 2.48 bits per heavy atom. The summed E-state index contributed by atoms with van der Waals surface area (Å²) < 4.78 is 33.6. The Hall–Kier alpha value is -3.49. The summed E-state index contributed by atoms with van der Waals surface area (Å²) in [7, 11) is 1.55. The van der Waals surface area contributed by atoms with Crippen molar-refractivity contribution >= 4 is 11.2 Å². The highest BCUT2D eigenvalue weighted by Gasteiger charge is 2.20. The number of phenolic OH excluding ortho intramolecular Hbond substituents is 2. The smallest absolute Gasteiger partial charge is 0.153 e. The van der Waals surface area contributed by atoms with Crippen molar-refractivity contribution in [2.24, 2.45) is 0 Å². The molecule has 4 rings (SSSR count). The summed E-state index contributed by atoms with van der Waals surface area (Å²) >= 11 is -1.44. The van der Waals surface area contributed by atoms with Crippen LogP contribution < -0.4 is 4.74 Å². The molecule has 0 fully saturated rings. The largest absolute Gasteiger partial charge is 0.611 e. The minimum atomic E-state index is -1.44. The second kappa shape index (κ2) is 8.71. The number of ether oxygens (including phenoxy) is 1. The third kappa shape index (κ3) is 4.21. The summed E-state index contributed by atoms with van der Waals surface area (Å²) in [6, 6.07) is 17.3. The summed E-state index contributed by atoms with van der Waals surface area (Å²) in [5.41, 5.74) is 1.36. The fourth-order valence-corrected chi connectivity index (χ4v) is 4.34. The van der Waals surface area contributed by atoms with Gasteiger partial charge < -0.3 is 19.5 Å². The van der Waals surface area contributed by atoms with Crippen molar-refractivity contribution < 1.29 is 23.9 Å². The van der Waals surface area contributed by atoms with Crippen LogP contribution in [0.1, 0.15) is 5.56 Å². The molecule has 8 heteroatoms. The molecular weight excluding hydrogens is 419 g/mol. The van der Waals surface area contributed by atoms with E-state index in [9.17, 15) is 19.2 Å². The zero-order chi connectivity index (χ0) is 22.0. The first kappa shape index (κ1) is 20.8. The van der Waals surface area contributed by atoms with Gasteiger partial charge in [-0.2, -0.15) is 5.10 Å². The van der Waals surface area contributed by atoms with Crippen LogP contribution >= 0.6 is 0 Å². The van der Waals surface area contributed by atoms with E-state index in [-0.39, 0.29) is 22.9 Å². The van der Waals surface area contributed by atoms with Gasteiger partial charge in [-0.05, 0) is 59.7 Å². The van der Waals surface area contributed by atoms with Crippen LogP contribution in [0.3, 0.4) is 0 Å². The molecule has 0 aliphatic heterocycles. The average Bonchev–Trinajstić information content (AvgIpc) is 3.25. The maximum absolute atomic E-state index is 14.3. The minimum Gasteiger partial charge on any atom is -0.611 e. The van der Waals surface area contributed by atoms with Gasteiger partial charge in [0.05, 0.1) is 19.0 Å². The van der Waals surface area contributed by atoms with E-state index in [0.717, 1.165) is 0 Å². The van der Waals surface area contributed by atoms with Gasteiger partial charge in [-0.3, -0.25) is 0 Å². The molecule has 3 aromatic carbocycles. The topological polar surface area (TPSA) is 90.6 Å². The van der Waals surface area contributed by atoms with E-state index in [1.165, 1.54) is 23.0 Å². The lowest BCUT2D eigenvalue weighted by Gasteiger charge is -2.15. The summed E-state index contributed by atoms with van der Waals surface area (Å²) in [5, 5.41) is 25.0. The minimum absolute atomic E-state index is 0.0271. The third-order valence-electron chi connectivity index (χ3n) is 4.81. The first-order chi connectivity index (χ1) is 15.0. The molecule has 1 aromatic heterocycles. The molecule has 2 N–H and O–H groups in total. The number of hydrogen-bond acceptors (Lipinski definition) is 5. The zero-order valence-electron chi connectivity index (χ0n) is 16.5. The molecular formula is C23H19FN2O4S. The van der Waals surface area contributed by atoms with Crippen molar-refractivity contribution in [2.45, 2.75) is 10.6 Å². The lowest BCUT2D eigenvalue weighted by atomic mass is 10.1. The quantitative estimate of drug-likeness (QED) is 0.435. The van der Waals surface area contributed by atoms with Crippen LogP contribution in [-0.2, 0) is 16.9 Å². The Labute approximate surface area is 181 Å². The van der Waals surface area contributed by atoms with E-state index < -0.39 is 17.0 Å². The van der Waals surface area contributed by atoms with Gasteiger partial charge in [-0.25, -0.2) is 9.07 Å². The molecule has 0 saturated carbocycles. The van der Waals surface area contributed by atoms with Crippen LogP contribution in [0.25, 0.3) is 16.9 Å². The van der Waals surface area contributed by atoms with E-state index in [1.807, 2.05) is 0 Å². The Bertz CT molecular complexity index is 1210. The van der Waals surface area contributed by atoms with Crippen LogP contribution in [0.4, 0.5) is 4.39 Å². The summed E-state index contributed by atoms with van der Waals surface area (Å²) in [6.45, 7) is 0. The van der Waals surface area contributed by atoms with E-state index in [1.54, 1.807) is 61.7 Å². The van der Waals surface area contributed by atoms with Crippen LogP contribution in [0, 0.1) is 5.82 Å². The van der Waals surface area contributed by atoms with Gasteiger partial charge >= 0.3 is 0 Å². The number of halogens is 1. The molecule has 0 saturated heterocycles. The highest BCUT2D eigenvalue weighted by Crippen LogP contribution is 2.37. The fourth-order valence-electron chi connectivity index (χ4n) is 3.22. The number of rotatable bonds is 6. The lowest BCUT2D eigenvalue weighted by Crippen LogP contribution is -2.06. The molecule has 0 aliphatic carbocycles. The average molecular weight is 438 g/mol. The van der Waals surface area contributed by atoms with E-state index >= 15 is 0 Å². The van der Waals surface area contributed by atoms with Crippen molar-refractivity contribution in [3.8, 4) is 34.2 Å². The van der Waals surface area contributed by atoms with Gasteiger partial charge in [0.25, 0.3) is 0 Å². The Kier molecular flexibility index (Phi) is 5.83. The van der Waals surface area contributed by atoms with Crippen molar-refractivity contribution in [2.75, 3.05) is 7.11 Å². The molecule has 0 radical (unpaired) electrons. The zero-order valence-corrected chi connectivity index (χ0v) is 17.3. The highest BCUT2D eigenvalue weighted by atomic mass is 32.2. The van der Waals surface area contributed by atoms with Gasteiger partial charge in [0.2, 0.25) is 0 Å². The number of hydrogen-bond donors (Lipinski definition) is 2. The standard InChI is InChI=1S/C23H19FN2O4S/c1-30-16-6-8-17(9-7-16)31(29)14-15-12-18(23(28)13-22(15)27)20-10-11-25-26(20)21-5-3-2-4-19(21)24/h2-13,27-28H,14H2,1H3. The van der Waals surface area contributed by atoms with Crippen molar-refractivity contribution in [1.82, 2.24) is 9.78 Å². The second-order valence-electron chi connectivity index (χ2n) is 6.74. The molecule has 0 bridgehead atoms. The molecule has 1 atom stereocenters. The predicted molar refractivity (Wildman–Crippen MR) is 115 cm³/mol. The second-order valence-corrected chi connectivity index (χ2v) is 8.19. The SMILES string of the molecule is COc1ccc([S+]([O-])Cc2cc(-c3ccnn3-c3ccccc3F)c(O)cc2O)cc1. The first-order valence-electron chi connectivity index (χ1n) is 9.34. The van der Waals surface area contributed by atoms with Crippen LogP contribution in [-0.4, -0.2) is 31.7 Å². The molecule has 0 aliphatic rings. The fraction of sp³-hybridized carbons (Fsp3) is 0.0870. The van der Waals surface area contributed by atoms with E-state index in [4.69, 9.17) is 4.74 Å². The van der Waals surface area contributed by atoms with Crippen LogP contribution in [0.5, 0.6) is 17.2 Å². The first-order valence-corrected chi connectivity index (χ1v) is 10.7. The van der Waals surface area contributed by atoms with Crippen molar-refractivity contribution in [3.05, 3.63) is 84.3 Å². The number of benzene rings is 3. The number of methoxy groups -OCH3 is 1. The van der Waals surface area contributed by atoms with Crippen molar-refractivity contribution in [3.63, 3.8) is 0 Å². The molecule has 1 heterocycles. The molecule has 0 spiro atoms. The van der Waals surface area contributed by atoms with Gasteiger partial charge in [0.15, 0.2) is 4.90 Å². The van der Waals surface area contributed by atoms with Gasteiger partial charge in [0, 0.05) is 17.2 Å². The van der Waals surface area contributed by atoms with Crippen LogP contribution in [0.15, 0.2) is 77.8 Å². The Morgan fingerprint density at radius 1 is 1.03 bits per heavy atom. The number of para-hydroxylation sites is 1. The number of aromatic hydroxyl groups is 2. The summed E-state index contributed by atoms with van der Waals surface area (Å²) in [4.78, 5) is 0.575. The van der Waals surface area contributed by atoms with Gasteiger partial charge in [-0.15, -0.1) is 0 Å². The van der Waals surface area contributed by atoms with E-state index in [2.05, 4.69) is 5.10 Å².